The molecule has 0 spiro atoms. The Morgan fingerprint density at radius 1 is 1.19 bits per heavy atom. The first kappa shape index (κ1) is 15.4. The van der Waals surface area contributed by atoms with E-state index in [1.807, 2.05) is 0 Å². The molecule has 0 aliphatic heterocycles. The maximum atomic E-state index is 12.9. The molecule has 0 atom stereocenters. The summed E-state index contributed by atoms with van der Waals surface area (Å²) in [6.45, 7) is 2.53. The zero-order valence-electron chi connectivity index (χ0n) is 11.5. The van der Waals surface area contributed by atoms with Crippen molar-refractivity contribution in [1.82, 2.24) is 0 Å². The average molecular weight is 300 g/mol. The lowest BCUT2D eigenvalue weighted by molar-refractivity contribution is -0.136. The van der Waals surface area contributed by atoms with Gasteiger partial charge < -0.3 is 9.15 Å². The van der Waals surface area contributed by atoms with Gasteiger partial charge in [0, 0.05) is 17.5 Å². The standard InChI is InChI=1S/C15H15F3O3/c1-2-3-4-7-20-10-5-6-11-12(15(16,17)18)9-14(19)21-13(11)8-10/h5-6,8-9H,2-4,7H2,1H3. The van der Waals surface area contributed by atoms with Crippen LogP contribution in [0.5, 0.6) is 5.75 Å². The smallest absolute Gasteiger partial charge is 0.417 e. The highest BCUT2D eigenvalue weighted by Gasteiger charge is 2.33. The fourth-order valence-corrected chi connectivity index (χ4v) is 2.01. The Kier molecular flexibility index (Phi) is 4.55. The Hall–Kier alpha value is -1.98. The summed E-state index contributed by atoms with van der Waals surface area (Å²) in [5.74, 6) is 0.390. The molecule has 114 valence electrons. The van der Waals surface area contributed by atoms with Gasteiger partial charge in [0.15, 0.2) is 0 Å². The summed E-state index contributed by atoms with van der Waals surface area (Å²) in [5, 5.41) is -0.150. The lowest BCUT2D eigenvalue weighted by atomic mass is 10.1. The van der Waals surface area contributed by atoms with Crippen LogP contribution >= 0.6 is 0 Å². The summed E-state index contributed by atoms with van der Waals surface area (Å²) in [6.07, 6.45) is -1.68. The van der Waals surface area contributed by atoms with Crippen LogP contribution in [0.3, 0.4) is 0 Å². The zero-order chi connectivity index (χ0) is 15.5. The van der Waals surface area contributed by atoms with Crippen LogP contribution in [-0.4, -0.2) is 6.61 Å². The van der Waals surface area contributed by atoms with Crippen LogP contribution < -0.4 is 10.4 Å². The second-order valence-corrected chi connectivity index (χ2v) is 4.69. The van der Waals surface area contributed by atoms with E-state index in [9.17, 15) is 18.0 Å². The van der Waals surface area contributed by atoms with Gasteiger partial charge >= 0.3 is 11.8 Å². The van der Waals surface area contributed by atoms with Crippen LogP contribution in [0.15, 0.2) is 33.5 Å². The maximum absolute atomic E-state index is 12.9. The molecular weight excluding hydrogens is 285 g/mol. The summed E-state index contributed by atoms with van der Waals surface area (Å²) in [6, 6.07) is 4.49. The number of halogens is 3. The minimum Gasteiger partial charge on any atom is -0.493 e. The molecule has 0 fully saturated rings. The van der Waals surface area contributed by atoms with Gasteiger partial charge in [-0.3, -0.25) is 0 Å². The minimum atomic E-state index is -4.60. The Labute approximate surface area is 119 Å². The first-order valence-electron chi connectivity index (χ1n) is 6.69. The molecule has 3 nitrogen and oxygen atoms in total. The molecule has 0 saturated carbocycles. The molecule has 21 heavy (non-hydrogen) atoms. The van der Waals surface area contributed by atoms with Crippen LogP contribution in [0.2, 0.25) is 0 Å². The van der Waals surface area contributed by atoms with E-state index in [1.165, 1.54) is 18.2 Å². The predicted octanol–water partition coefficient (Wildman–Crippen LogP) is 4.38. The van der Waals surface area contributed by atoms with Gasteiger partial charge in [0.1, 0.15) is 11.3 Å². The van der Waals surface area contributed by atoms with Gasteiger partial charge in [-0.2, -0.15) is 13.2 Å². The molecule has 0 unspecified atom stereocenters. The van der Waals surface area contributed by atoms with Crippen molar-refractivity contribution in [1.29, 1.82) is 0 Å². The van der Waals surface area contributed by atoms with Crippen molar-refractivity contribution in [3.8, 4) is 5.75 Å². The van der Waals surface area contributed by atoms with Gasteiger partial charge in [-0.05, 0) is 18.6 Å². The molecule has 0 amide bonds. The molecule has 2 rings (SSSR count). The Bertz CT molecular complexity index is 674. The SMILES string of the molecule is CCCCCOc1ccc2c(C(F)(F)F)cc(=O)oc2c1. The van der Waals surface area contributed by atoms with Crippen molar-refractivity contribution in [2.75, 3.05) is 6.61 Å². The Morgan fingerprint density at radius 2 is 1.95 bits per heavy atom. The number of alkyl halides is 3. The number of unbranched alkanes of at least 4 members (excludes halogenated alkanes) is 2. The van der Waals surface area contributed by atoms with Crippen molar-refractivity contribution in [3.63, 3.8) is 0 Å². The molecule has 1 heterocycles. The van der Waals surface area contributed by atoms with E-state index in [0.29, 0.717) is 18.4 Å². The van der Waals surface area contributed by atoms with E-state index in [4.69, 9.17) is 9.15 Å². The van der Waals surface area contributed by atoms with Crippen LogP contribution in [0.1, 0.15) is 31.7 Å². The molecule has 0 aliphatic rings. The monoisotopic (exact) mass is 300 g/mol. The fourth-order valence-electron chi connectivity index (χ4n) is 2.01. The number of fused-ring (bicyclic) bond motifs is 1. The Morgan fingerprint density at radius 3 is 2.62 bits per heavy atom. The summed E-state index contributed by atoms with van der Waals surface area (Å²) in [7, 11) is 0. The van der Waals surface area contributed by atoms with Gasteiger partial charge in [-0.25, -0.2) is 4.79 Å². The van der Waals surface area contributed by atoms with Gasteiger partial charge in [-0.1, -0.05) is 19.8 Å². The van der Waals surface area contributed by atoms with Crippen molar-refractivity contribution >= 4 is 11.0 Å². The maximum Gasteiger partial charge on any atom is 0.417 e. The largest absolute Gasteiger partial charge is 0.493 e. The summed E-state index contributed by atoms with van der Waals surface area (Å²) < 4.78 is 48.9. The second-order valence-electron chi connectivity index (χ2n) is 4.69. The lowest BCUT2D eigenvalue weighted by Crippen LogP contribution is -2.11. The predicted molar refractivity (Wildman–Crippen MR) is 72.5 cm³/mol. The summed E-state index contributed by atoms with van der Waals surface area (Å²) in [4.78, 5) is 11.3. The molecule has 6 heteroatoms. The fraction of sp³-hybridized carbons (Fsp3) is 0.400. The van der Waals surface area contributed by atoms with Crippen molar-refractivity contribution in [2.24, 2.45) is 0 Å². The van der Waals surface area contributed by atoms with Crippen LogP contribution in [-0.2, 0) is 6.18 Å². The highest BCUT2D eigenvalue weighted by Crippen LogP contribution is 2.34. The van der Waals surface area contributed by atoms with E-state index in [0.717, 1.165) is 19.3 Å². The van der Waals surface area contributed by atoms with E-state index >= 15 is 0 Å². The molecule has 1 aromatic heterocycles. The normalized spacial score (nSPS) is 11.8. The third-order valence-electron chi connectivity index (χ3n) is 3.04. The lowest BCUT2D eigenvalue weighted by Gasteiger charge is -2.10. The molecule has 2 aromatic rings. The van der Waals surface area contributed by atoms with Gasteiger partial charge in [0.2, 0.25) is 0 Å². The van der Waals surface area contributed by atoms with E-state index in [1.54, 1.807) is 0 Å². The topological polar surface area (TPSA) is 39.4 Å². The molecule has 0 bridgehead atoms. The number of ether oxygens (including phenoxy) is 1. The van der Waals surface area contributed by atoms with E-state index in [2.05, 4.69) is 6.92 Å². The summed E-state index contributed by atoms with van der Waals surface area (Å²) in [5.41, 5.74) is -2.15. The molecule has 1 aromatic carbocycles. The second kappa shape index (κ2) is 6.20. The van der Waals surface area contributed by atoms with Gasteiger partial charge in [-0.15, -0.1) is 0 Å². The van der Waals surface area contributed by atoms with Crippen molar-refractivity contribution < 1.29 is 22.3 Å². The van der Waals surface area contributed by atoms with Crippen LogP contribution in [0.4, 0.5) is 13.2 Å². The third-order valence-corrected chi connectivity index (χ3v) is 3.04. The number of hydrogen-bond acceptors (Lipinski definition) is 3. The van der Waals surface area contributed by atoms with E-state index < -0.39 is 17.4 Å². The molecule has 0 radical (unpaired) electrons. The number of rotatable bonds is 5. The first-order valence-corrected chi connectivity index (χ1v) is 6.69. The molecule has 0 saturated heterocycles. The van der Waals surface area contributed by atoms with E-state index in [-0.39, 0.29) is 11.0 Å². The van der Waals surface area contributed by atoms with Crippen molar-refractivity contribution in [3.05, 3.63) is 40.2 Å². The molecule has 0 aliphatic carbocycles. The van der Waals surface area contributed by atoms with Gasteiger partial charge in [0.25, 0.3) is 0 Å². The highest BCUT2D eigenvalue weighted by molar-refractivity contribution is 5.82. The minimum absolute atomic E-state index is 0.122. The number of hydrogen-bond donors (Lipinski definition) is 0. The highest BCUT2D eigenvalue weighted by atomic mass is 19.4. The quantitative estimate of drug-likeness (QED) is 0.607. The molecular formula is C15H15F3O3. The Balaban J connectivity index is 2.33. The third kappa shape index (κ3) is 3.77. The first-order chi connectivity index (χ1) is 9.91. The number of benzene rings is 1. The summed E-state index contributed by atoms with van der Waals surface area (Å²) >= 11 is 0. The van der Waals surface area contributed by atoms with Crippen LogP contribution in [0.25, 0.3) is 11.0 Å². The average Bonchev–Trinajstić information content (AvgIpc) is 2.41. The molecule has 0 N–H and O–H groups in total. The van der Waals surface area contributed by atoms with Crippen molar-refractivity contribution in [2.45, 2.75) is 32.4 Å². The van der Waals surface area contributed by atoms with Crippen LogP contribution in [0, 0.1) is 0 Å². The zero-order valence-corrected chi connectivity index (χ0v) is 11.5. The van der Waals surface area contributed by atoms with Gasteiger partial charge in [0.05, 0.1) is 12.2 Å².